The number of sulfonamides is 1. The van der Waals surface area contributed by atoms with Crippen molar-refractivity contribution in [3.05, 3.63) is 65.7 Å². The molecule has 5 nitrogen and oxygen atoms in total. The number of benzene rings is 2. The van der Waals surface area contributed by atoms with Crippen LogP contribution in [-0.2, 0) is 10.0 Å². The monoisotopic (exact) mass is 340 g/mol. The summed E-state index contributed by atoms with van der Waals surface area (Å²) in [5.74, 6) is 0.115. The largest absolute Gasteiger partial charge is 0.298 e. The highest BCUT2D eigenvalue weighted by atomic mass is 32.2. The van der Waals surface area contributed by atoms with Gasteiger partial charge in [-0.2, -0.15) is 0 Å². The fourth-order valence-corrected chi connectivity index (χ4v) is 3.61. The Morgan fingerprint density at radius 3 is 2.38 bits per heavy atom. The van der Waals surface area contributed by atoms with Crippen LogP contribution in [0.2, 0.25) is 0 Å². The van der Waals surface area contributed by atoms with Gasteiger partial charge in [0.25, 0.3) is 10.0 Å². The summed E-state index contributed by atoms with van der Waals surface area (Å²) in [4.78, 5) is 15.9. The second kappa shape index (κ2) is 6.05. The molecule has 0 amide bonds. The Morgan fingerprint density at radius 2 is 1.71 bits per heavy atom. The number of pyridine rings is 1. The fraction of sp³-hybridized carbons (Fsp3) is 0.111. The topological polar surface area (TPSA) is 67.3 Å². The van der Waals surface area contributed by atoms with E-state index in [0.717, 1.165) is 15.3 Å². The van der Waals surface area contributed by atoms with E-state index in [4.69, 9.17) is 0 Å². The first-order valence-corrected chi connectivity index (χ1v) is 8.78. The predicted molar refractivity (Wildman–Crippen MR) is 93.9 cm³/mol. The van der Waals surface area contributed by atoms with Gasteiger partial charge >= 0.3 is 0 Å². The van der Waals surface area contributed by atoms with Gasteiger partial charge in [0, 0.05) is 12.4 Å². The number of aromatic nitrogens is 1. The summed E-state index contributed by atoms with van der Waals surface area (Å²) in [6.07, 6.45) is 0.621. The zero-order valence-electron chi connectivity index (χ0n) is 13.3. The van der Waals surface area contributed by atoms with Crippen molar-refractivity contribution in [2.24, 2.45) is 0 Å². The summed E-state index contributed by atoms with van der Waals surface area (Å²) in [6.45, 7) is 1.88. The fourth-order valence-electron chi connectivity index (χ4n) is 2.44. The van der Waals surface area contributed by atoms with Crippen LogP contribution >= 0.6 is 0 Å². The molecule has 0 fully saturated rings. The van der Waals surface area contributed by atoms with Crippen molar-refractivity contribution in [3.8, 4) is 0 Å². The number of aldehydes is 1. The van der Waals surface area contributed by atoms with E-state index in [1.54, 1.807) is 36.4 Å². The molecule has 24 heavy (non-hydrogen) atoms. The molecular weight excluding hydrogens is 324 g/mol. The first kappa shape index (κ1) is 16.1. The number of fused-ring (bicyclic) bond motifs is 1. The molecule has 2 aromatic carbocycles. The summed E-state index contributed by atoms with van der Waals surface area (Å²) >= 11 is 0. The molecule has 0 N–H and O–H groups in total. The van der Waals surface area contributed by atoms with Gasteiger partial charge in [-0.3, -0.25) is 9.10 Å². The third kappa shape index (κ3) is 2.76. The lowest BCUT2D eigenvalue weighted by molar-refractivity contribution is 0.112. The summed E-state index contributed by atoms with van der Waals surface area (Å²) in [5.41, 5.74) is 1.82. The van der Waals surface area contributed by atoms with E-state index in [9.17, 15) is 13.2 Å². The van der Waals surface area contributed by atoms with E-state index in [1.165, 1.54) is 7.05 Å². The number of hydrogen-bond acceptors (Lipinski definition) is 4. The van der Waals surface area contributed by atoms with E-state index in [1.807, 2.05) is 25.1 Å². The number of aryl methyl sites for hydroxylation is 1. The molecule has 1 aromatic heterocycles. The quantitative estimate of drug-likeness (QED) is 0.684. The van der Waals surface area contributed by atoms with Crippen LogP contribution in [0.1, 0.15) is 15.9 Å². The van der Waals surface area contributed by atoms with Gasteiger partial charge in [0.2, 0.25) is 0 Å². The molecule has 3 rings (SSSR count). The van der Waals surface area contributed by atoms with Crippen molar-refractivity contribution in [3.63, 3.8) is 0 Å². The Balaban J connectivity index is 2.15. The molecule has 0 spiro atoms. The molecule has 122 valence electrons. The molecule has 0 atom stereocenters. The maximum Gasteiger partial charge on any atom is 0.265 e. The second-order valence-corrected chi connectivity index (χ2v) is 7.47. The van der Waals surface area contributed by atoms with E-state index < -0.39 is 10.0 Å². The van der Waals surface area contributed by atoms with Gasteiger partial charge in [-0.05, 0) is 31.2 Å². The maximum atomic E-state index is 12.8. The maximum absolute atomic E-state index is 12.8. The lowest BCUT2D eigenvalue weighted by Crippen LogP contribution is -2.28. The van der Waals surface area contributed by atoms with Crippen molar-refractivity contribution in [1.82, 2.24) is 4.98 Å². The van der Waals surface area contributed by atoms with Crippen molar-refractivity contribution in [1.29, 1.82) is 0 Å². The highest BCUT2D eigenvalue weighted by Gasteiger charge is 2.24. The molecule has 1 heterocycles. The van der Waals surface area contributed by atoms with Gasteiger partial charge in [-0.15, -0.1) is 0 Å². The minimum absolute atomic E-state index is 0.115. The number of hydrogen-bond donors (Lipinski definition) is 0. The molecule has 0 unspecified atom stereocenters. The van der Waals surface area contributed by atoms with Crippen molar-refractivity contribution in [2.45, 2.75) is 11.8 Å². The van der Waals surface area contributed by atoms with E-state index in [-0.39, 0.29) is 16.3 Å². The van der Waals surface area contributed by atoms with Crippen LogP contribution < -0.4 is 4.31 Å². The zero-order valence-corrected chi connectivity index (χ0v) is 14.1. The number of carbonyl (C=O) groups is 1. The van der Waals surface area contributed by atoms with Crippen LogP contribution in [0.25, 0.3) is 10.9 Å². The van der Waals surface area contributed by atoms with Crippen molar-refractivity contribution in [2.75, 3.05) is 11.4 Å². The number of rotatable bonds is 4. The minimum Gasteiger partial charge on any atom is -0.298 e. The predicted octanol–water partition coefficient (Wildman–Crippen LogP) is 3.18. The lowest BCUT2D eigenvalue weighted by Gasteiger charge is -2.20. The molecule has 3 aromatic rings. The van der Waals surface area contributed by atoms with Gasteiger partial charge in [0.15, 0.2) is 12.1 Å². The molecule has 0 aliphatic carbocycles. The van der Waals surface area contributed by atoms with Crippen LogP contribution in [0.3, 0.4) is 0 Å². The molecule has 0 bridgehead atoms. The van der Waals surface area contributed by atoms with Gasteiger partial charge in [-0.25, -0.2) is 13.4 Å². The van der Waals surface area contributed by atoms with Gasteiger partial charge in [0.05, 0.1) is 16.0 Å². The standard InChI is InChI=1S/C18H16N2O3S/c1-13-7-9-16(10-8-13)24(22,23)20(2)18-15(12-21)11-14-5-3-4-6-17(14)19-18/h3-12H,1-2H3. The SMILES string of the molecule is Cc1ccc(S(=O)(=O)N(C)c2nc3ccccc3cc2C=O)cc1. The van der Waals surface area contributed by atoms with Crippen LogP contribution in [0.4, 0.5) is 5.82 Å². The Morgan fingerprint density at radius 1 is 1.04 bits per heavy atom. The van der Waals surface area contributed by atoms with Crippen LogP contribution in [0, 0.1) is 6.92 Å². The number of anilines is 1. The summed E-state index contributed by atoms with van der Waals surface area (Å²) in [6, 6.07) is 15.5. The smallest absolute Gasteiger partial charge is 0.265 e. The number of para-hydroxylation sites is 1. The summed E-state index contributed by atoms with van der Waals surface area (Å²) < 4.78 is 26.7. The third-order valence-electron chi connectivity index (χ3n) is 3.84. The normalized spacial score (nSPS) is 11.4. The molecule has 0 radical (unpaired) electrons. The van der Waals surface area contributed by atoms with Gasteiger partial charge < -0.3 is 0 Å². The molecular formula is C18H16N2O3S. The first-order valence-electron chi connectivity index (χ1n) is 7.34. The van der Waals surface area contributed by atoms with Crippen molar-refractivity contribution >= 4 is 33.0 Å². The molecule has 0 saturated carbocycles. The average Bonchev–Trinajstić information content (AvgIpc) is 2.60. The average molecular weight is 340 g/mol. The van der Waals surface area contributed by atoms with Gasteiger partial charge in [-0.1, -0.05) is 35.9 Å². The van der Waals surface area contributed by atoms with Crippen LogP contribution in [0.5, 0.6) is 0 Å². The van der Waals surface area contributed by atoms with Crippen molar-refractivity contribution < 1.29 is 13.2 Å². The third-order valence-corrected chi connectivity index (χ3v) is 5.60. The van der Waals surface area contributed by atoms with E-state index in [2.05, 4.69) is 4.98 Å². The number of nitrogens with zero attached hydrogens (tertiary/aromatic N) is 2. The summed E-state index contributed by atoms with van der Waals surface area (Å²) in [5, 5.41) is 0.782. The van der Waals surface area contributed by atoms with E-state index in [0.29, 0.717) is 11.8 Å². The Labute approximate surface area is 140 Å². The summed E-state index contributed by atoms with van der Waals surface area (Å²) in [7, 11) is -2.40. The highest BCUT2D eigenvalue weighted by molar-refractivity contribution is 7.92. The number of carbonyl (C=O) groups excluding carboxylic acids is 1. The highest BCUT2D eigenvalue weighted by Crippen LogP contribution is 2.26. The van der Waals surface area contributed by atoms with Crippen LogP contribution in [-0.4, -0.2) is 26.7 Å². The zero-order chi connectivity index (χ0) is 17.3. The lowest BCUT2D eigenvalue weighted by atomic mass is 10.1. The molecule has 6 heteroatoms. The Hall–Kier alpha value is -2.73. The molecule has 0 saturated heterocycles. The molecule has 0 aliphatic rings. The van der Waals surface area contributed by atoms with E-state index >= 15 is 0 Å². The van der Waals surface area contributed by atoms with Crippen LogP contribution in [0.15, 0.2) is 59.5 Å². The Kier molecular flexibility index (Phi) is 4.07. The Bertz CT molecular complexity index is 1010. The molecule has 0 aliphatic heterocycles. The first-order chi connectivity index (χ1) is 11.4. The second-order valence-electron chi connectivity index (χ2n) is 5.50. The minimum atomic E-state index is -3.80. The van der Waals surface area contributed by atoms with Gasteiger partial charge in [0.1, 0.15) is 0 Å².